The number of halogens is 1. The van der Waals surface area contributed by atoms with E-state index >= 15 is 0 Å². The van der Waals surface area contributed by atoms with E-state index in [-0.39, 0.29) is 22.8 Å². The molecule has 0 radical (unpaired) electrons. The molecule has 1 atom stereocenters. The van der Waals surface area contributed by atoms with Gasteiger partial charge in [0.25, 0.3) is 0 Å². The summed E-state index contributed by atoms with van der Waals surface area (Å²) in [5.74, 6) is -0.728. The van der Waals surface area contributed by atoms with Gasteiger partial charge in [-0.1, -0.05) is 43.7 Å². The molecular formula is C27H23FN2O4. The van der Waals surface area contributed by atoms with Crippen LogP contribution in [0.1, 0.15) is 47.2 Å². The highest BCUT2D eigenvalue weighted by Crippen LogP contribution is 2.43. The minimum absolute atomic E-state index is 0.0270. The summed E-state index contributed by atoms with van der Waals surface area (Å²) < 4.78 is 30.7. The summed E-state index contributed by atoms with van der Waals surface area (Å²) in [7, 11) is 0. The number of carbonyl (C=O) groups excluding carboxylic acids is 1. The first kappa shape index (κ1) is 22.9. The van der Waals surface area contributed by atoms with Crippen molar-refractivity contribution >= 4 is 5.97 Å². The number of rotatable bonds is 7. The Labute approximate surface area is 197 Å². The maximum atomic E-state index is 13.9. The van der Waals surface area contributed by atoms with E-state index in [4.69, 9.17) is 19.9 Å². The molecule has 0 aromatic heterocycles. The summed E-state index contributed by atoms with van der Waals surface area (Å²) >= 11 is 0. The highest BCUT2D eigenvalue weighted by Gasteiger charge is 2.31. The van der Waals surface area contributed by atoms with E-state index in [0.717, 1.165) is 24.2 Å². The number of ether oxygens (including phenoxy) is 3. The maximum Gasteiger partial charge on any atom is 0.346 e. The fourth-order valence-corrected chi connectivity index (χ4v) is 3.72. The highest BCUT2D eigenvalue weighted by molar-refractivity contribution is 5.91. The molecule has 2 N–H and O–H groups in total. The fourth-order valence-electron chi connectivity index (χ4n) is 3.72. The summed E-state index contributed by atoms with van der Waals surface area (Å²) in [4.78, 5) is 12.4. The average Bonchev–Trinajstić information content (AvgIpc) is 2.84. The zero-order valence-electron chi connectivity index (χ0n) is 18.6. The van der Waals surface area contributed by atoms with Gasteiger partial charge in [-0.15, -0.1) is 0 Å². The Hall–Kier alpha value is -4.31. The second-order valence-electron chi connectivity index (χ2n) is 7.76. The molecule has 0 fully saturated rings. The number of fused-ring (bicyclic) bond motifs is 1. The molecule has 1 aliphatic rings. The van der Waals surface area contributed by atoms with Crippen LogP contribution in [0.4, 0.5) is 4.39 Å². The summed E-state index contributed by atoms with van der Waals surface area (Å²) in [6.07, 6.45) is 2.01. The molecule has 0 spiro atoms. The van der Waals surface area contributed by atoms with E-state index in [2.05, 4.69) is 13.0 Å². The number of carbonyl (C=O) groups is 1. The third-order valence-electron chi connectivity index (χ3n) is 5.47. The Bertz CT molecular complexity index is 1280. The molecule has 1 heterocycles. The minimum atomic E-state index is -0.828. The number of unbranched alkanes of at least 4 members (excludes halogenated alkanes) is 1. The Balaban J connectivity index is 1.62. The quantitative estimate of drug-likeness (QED) is 0.288. The van der Waals surface area contributed by atoms with Gasteiger partial charge < -0.3 is 19.9 Å². The Morgan fingerprint density at radius 3 is 2.56 bits per heavy atom. The summed E-state index contributed by atoms with van der Waals surface area (Å²) in [5.41, 5.74) is 7.69. The van der Waals surface area contributed by atoms with Crippen molar-refractivity contribution in [3.8, 4) is 23.3 Å². The van der Waals surface area contributed by atoms with Crippen molar-refractivity contribution in [3.63, 3.8) is 0 Å². The number of allylic oxidation sites excluding steroid dienone is 1. The molecule has 0 amide bonds. The number of hydrogen-bond donors (Lipinski definition) is 1. The predicted octanol–water partition coefficient (Wildman–Crippen LogP) is 5.44. The van der Waals surface area contributed by atoms with E-state index < -0.39 is 17.7 Å². The number of esters is 1. The molecule has 0 bridgehead atoms. The minimum Gasteiger partial charge on any atom is -0.494 e. The molecule has 3 aromatic carbocycles. The van der Waals surface area contributed by atoms with Gasteiger partial charge in [0.15, 0.2) is 0 Å². The van der Waals surface area contributed by atoms with Crippen molar-refractivity contribution < 1.29 is 23.4 Å². The van der Waals surface area contributed by atoms with Crippen molar-refractivity contribution in [2.45, 2.75) is 25.7 Å². The molecule has 4 rings (SSSR count). The van der Waals surface area contributed by atoms with Gasteiger partial charge >= 0.3 is 5.97 Å². The summed E-state index contributed by atoms with van der Waals surface area (Å²) in [5, 5.41) is 9.74. The maximum absolute atomic E-state index is 13.9. The second-order valence-corrected chi connectivity index (χ2v) is 7.76. The monoisotopic (exact) mass is 458 g/mol. The molecule has 6 nitrogen and oxygen atoms in total. The van der Waals surface area contributed by atoms with E-state index in [1.165, 1.54) is 24.3 Å². The summed E-state index contributed by atoms with van der Waals surface area (Å²) in [6.45, 7) is 2.74. The van der Waals surface area contributed by atoms with Gasteiger partial charge in [-0.2, -0.15) is 5.26 Å². The van der Waals surface area contributed by atoms with Crippen LogP contribution in [0.15, 0.2) is 78.2 Å². The first-order valence-electron chi connectivity index (χ1n) is 10.9. The molecule has 1 unspecified atom stereocenters. The lowest BCUT2D eigenvalue weighted by atomic mass is 9.83. The van der Waals surface area contributed by atoms with E-state index in [9.17, 15) is 14.4 Å². The van der Waals surface area contributed by atoms with Crippen LogP contribution in [0.3, 0.4) is 0 Å². The van der Waals surface area contributed by atoms with Crippen molar-refractivity contribution in [2.75, 3.05) is 6.61 Å². The third kappa shape index (κ3) is 4.71. The van der Waals surface area contributed by atoms with Gasteiger partial charge in [0.1, 0.15) is 34.7 Å². The largest absolute Gasteiger partial charge is 0.494 e. The molecular weight excluding hydrogens is 435 g/mol. The van der Waals surface area contributed by atoms with Crippen molar-refractivity contribution in [2.24, 2.45) is 5.73 Å². The molecule has 0 saturated heterocycles. The zero-order chi connectivity index (χ0) is 24.1. The first-order chi connectivity index (χ1) is 16.5. The second kappa shape index (κ2) is 10.1. The topological polar surface area (TPSA) is 94.6 Å². The number of benzene rings is 3. The van der Waals surface area contributed by atoms with Crippen molar-refractivity contribution in [1.82, 2.24) is 0 Å². The fraction of sp³-hybridized carbons (Fsp3) is 0.185. The smallest absolute Gasteiger partial charge is 0.346 e. The van der Waals surface area contributed by atoms with Crippen LogP contribution in [0.5, 0.6) is 17.2 Å². The van der Waals surface area contributed by atoms with E-state index in [1.54, 1.807) is 18.2 Å². The lowest BCUT2D eigenvalue weighted by Gasteiger charge is -2.26. The van der Waals surface area contributed by atoms with Crippen LogP contribution in [-0.2, 0) is 0 Å². The van der Waals surface area contributed by atoms with Crippen LogP contribution in [0, 0.1) is 17.1 Å². The van der Waals surface area contributed by atoms with Crippen LogP contribution < -0.4 is 19.9 Å². The highest BCUT2D eigenvalue weighted by atomic mass is 19.1. The normalized spacial score (nSPS) is 14.6. The molecule has 0 saturated carbocycles. The standard InChI is InChI=1S/C27H23FN2O4/c1-2-3-14-32-18-10-8-17(9-11-18)25-21-13-12-19(15-24(21)34-26(30)22(25)16-29)33-27(31)20-6-4-5-7-23(20)28/h4-13,15,25H,2-3,14,30H2,1H3. The molecule has 172 valence electrons. The lowest BCUT2D eigenvalue weighted by Crippen LogP contribution is -2.21. The number of nitrogens with two attached hydrogens (primary N) is 1. The number of nitriles is 1. The van der Waals surface area contributed by atoms with Crippen molar-refractivity contribution in [1.29, 1.82) is 5.26 Å². The zero-order valence-corrected chi connectivity index (χ0v) is 18.6. The van der Waals surface area contributed by atoms with Crippen LogP contribution >= 0.6 is 0 Å². The van der Waals surface area contributed by atoms with Crippen LogP contribution in [0.25, 0.3) is 0 Å². The Morgan fingerprint density at radius 2 is 1.85 bits per heavy atom. The van der Waals surface area contributed by atoms with Gasteiger partial charge in [-0.05, 0) is 42.3 Å². The van der Waals surface area contributed by atoms with Gasteiger partial charge in [-0.25, -0.2) is 9.18 Å². The van der Waals surface area contributed by atoms with Gasteiger partial charge in [0, 0.05) is 11.6 Å². The van der Waals surface area contributed by atoms with Crippen molar-refractivity contribution in [3.05, 3.63) is 101 Å². The molecule has 7 heteroatoms. The Kier molecular flexibility index (Phi) is 6.79. The van der Waals surface area contributed by atoms with Gasteiger partial charge in [0.2, 0.25) is 5.88 Å². The van der Waals surface area contributed by atoms with Crippen LogP contribution in [-0.4, -0.2) is 12.6 Å². The lowest BCUT2D eigenvalue weighted by molar-refractivity contribution is 0.0729. The summed E-state index contributed by atoms with van der Waals surface area (Å²) in [6, 6.07) is 20.0. The molecule has 1 aliphatic heterocycles. The first-order valence-corrected chi connectivity index (χ1v) is 10.9. The Morgan fingerprint density at radius 1 is 1.12 bits per heavy atom. The molecule has 3 aromatic rings. The van der Waals surface area contributed by atoms with Gasteiger partial charge in [0.05, 0.1) is 18.1 Å². The van der Waals surface area contributed by atoms with E-state index in [1.807, 2.05) is 24.3 Å². The molecule has 0 aliphatic carbocycles. The van der Waals surface area contributed by atoms with Crippen LogP contribution in [0.2, 0.25) is 0 Å². The number of hydrogen-bond acceptors (Lipinski definition) is 6. The van der Waals surface area contributed by atoms with E-state index in [0.29, 0.717) is 17.9 Å². The number of nitrogens with zero attached hydrogens (tertiary/aromatic N) is 1. The van der Waals surface area contributed by atoms with Gasteiger partial charge in [-0.3, -0.25) is 0 Å². The molecule has 34 heavy (non-hydrogen) atoms. The predicted molar refractivity (Wildman–Crippen MR) is 124 cm³/mol. The third-order valence-corrected chi connectivity index (χ3v) is 5.47. The SMILES string of the molecule is CCCCOc1ccc(C2C(C#N)=C(N)Oc3cc(OC(=O)c4ccccc4F)ccc32)cc1. The average molecular weight is 458 g/mol.